The van der Waals surface area contributed by atoms with Crippen molar-refractivity contribution in [3.05, 3.63) is 35.4 Å². The highest BCUT2D eigenvalue weighted by Gasteiger charge is 2.23. The Morgan fingerprint density at radius 3 is 2.60 bits per heavy atom. The van der Waals surface area contributed by atoms with Crippen molar-refractivity contribution in [2.45, 2.75) is 39.3 Å². The van der Waals surface area contributed by atoms with E-state index in [1.807, 2.05) is 6.92 Å². The van der Waals surface area contributed by atoms with Gasteiger partial charge in [0.05, 0.1) is 12.1 Å². The quantitative estimate of drug-likeness (QED) is 0.877. The van der Waals surface area contributed by atoms with Gasteiger partial charge >= 0.3 is 0 Å². The predicted octanol–water partition coefficient (Wildman–Crippen LogP) is 2.72. The molecule has 2 N–H and O–H groups in total. The molecule has 0 spiro atoms. The molecule has 110 valence electrons. The Morgan fingerprint density at radius 2 is 2.05 bits per heavy atom. The van der Waals surface area contributed by atoms with E-state index in [1.165, 1.54) is 5.56 Å². The minimum atomic E-state index is -0.0392. The molecular weight excluding hydrogens is 268 g/mol. The first-order valence-electron chi connectivity index (χ1n) is 7.26. The molecule has 4 heteroatoms. The molecular formula is C16H24N2OS. The van der Waals surface area contributed by atoms with Crippen molar-refractivity contribution in [3.63, 3.8) is 0 Å². The molecule has 1 heterocycles. The van der Waals surface area contributed by atoms with Gasteiger partial charge < -0.3 is 5.32 Å². The van der Waals surface area contributed by atoms with Crippen LogP contribution in [0.4, 0.5) is 0 Å². The van der Waals surface area contributed by atoms with Gasteiger partial charge in [0.25, 0.3) is 0 Å². The first-order chi connectivity index (χ1) is 9.56. The maximum Gasteiger partial charge on any atom is 0.238 e. The monoisotopic (exact) mass is 292 g/mol. The summed E-state index contributed by atoms with van der Waals surface area (Å²) in [7, 11) is 0. The largest absolute Gasteiger partial charge is 0.348 e. The average Bonchev–Trinajstić information content (AvgIpc) is 2.92. The summed E-state index contributed by atoms with van der Waals surface area (Å²) in [5.41, 5.74) is 2.52. The van der Waals surface area contributed by atoms with Crippen LogP contribution in [0.2, 0.25) is 0 Å². The van der Waals surface area contributed by atoms with Gasteiger partial charge in [-0.25, -0.2) is 0 Å². The normalized spacial score (nSPS) is 20.1. The van der Waals surface area contributed by atoms with Crippen molar-refractivity contribution in [1.82, 2.24) is 10.6 Å². The lowest BCUT2D eigenvalue weighted by molar-refractivity contribution is -0.123. The second kappa shape index (κ2) is 7.14. The van der Waals surface area contributed by atoms with Crippen LogP contribution in [0, 0.1) is 5.92 Å². The molecule has 1 aromatic rings. The standard InChI is InChI=1S/C16H24N2OS/c1-11(2)8-13-4-6-14(7-5-13)12(3)18-16(19)15-9-20-10-17-15/h4-7,11-12,15,17H,8-10H2,1-3H3,(H,18,19). The summed E-state index contributed by atoms with van der Waals surface area (Å²) in [5.74, 6) is 2.51. The van der Waals surface area contributed by atoms with Gasteiger partial charge in [-0.3, -0.25) is 10.1 Å². The fraction of sp³-hybridized carbons (Fsp3) is 0.562. The van der Waals surface area contributed by atoms with E-state index in [0.717, 1.165) is 23.6 Å². The number of carbonyl (C=O) groups excluding carboxylic acids is 1. The summed E-state index contributed by atoms with van der Waals surface area (Å²) < 4.78 is 0. The Balaban J connectivity index is 1.91. The van der Waals surface area contributed by atoms with E-state index < -0.39 is 0 Å². The molecule has 0 saturated carbocycles. The molecule has 0 aromatic heterocycles. The maximum absolute atomic E-state index is 12.1. The van der Waals surface area contributed by atoms with Gasteiger partial charge in [-0.2, -0.15) is 0 Å². The molecule has 1 fully saturated rings. The van der Waals surface area contributed by atoms with Crippen LogP contribution in [0.3, 0.4) is 0 Å². The lowest BCUT2D eigenvalue weighted by atomic mass is 10.00. The second-order valence-corrected chi connectivity index (χ2v) is 6.87. The molecule has 20 heavy (non-hydrogen) atoms. The third kappa shape index (κ3) is 4.25. The lowest BCUT2D eigenvalue weighted by Crippen LogP contribution is -2.42. The molecule has 1 aliphatic heterocycles. The van der Waals surface area contributed by atoms with Crippen LogP contribution < -0.4 is 10.6 Å². The molecule has 1 aliphatic rings. The van der Waals surface area contributed by atoms with E-state index in [9.17, 15) is 4.79 Å². The van der Waals surface area contributed by atoms with Gasteiger partial charge in [0.1, 0.15) is 0 Å². The predicted molar refractivity (Wildman–Crippen MR) is 85.8 cm³/mol. The van der Waals surface area contributed by atoms with Gasteiger partial charge in [-0.05, 0) is 30.4 Å². The Kier molecular flexibility index (Phi) is 5.49. The Bertz CT molecular complexity index is 438. The van der Waals surface area contributed by atoms with E-state index >= 15 is 0 Å². The highest BCUT2D eigenvalue weighted by molar-refractivity contribution is 7.99. The zero-order valence-corrected chi connectivity index (χ0v) is 13.3. The average molecular weight is 292 g/mol. The molecule has 0 bridgehead atoms. The summed E-state index contributed by atoms with van der Waals surface area (Å²) in [4.78, 5) is 12.1. The molecule has 1 aromatic carbocycles. The van der Waals surface area contributed by atoms with Crippen LogP contribution >= 0.6 is 11.8 Å². The number of carbonyl (C=O) groups is 1. The van der Waals surface area contributed by atoms with Crippen molar-refractivity contribution in [2.75, 3.05) is 11.6 Å². The van der Waals surface area contributed by atoms with E-state index in [2.05, 4.69) is 48.7 Å². The van der Waals surface area contributed by atoms with E-state index in [0.29, 0.717) is 5.92 Å². The summed E-state index contributed by atoms with van der Waals surface area (Å²) in [6, 6.07) is 8.60. The van der Waals surface area contributed by atoms with Gasteiger partial charge in [0, 0.05) is 11.6 Å². The number of hydrogen-bond acceptors (Lipinski definition) is 3. The van der Waals surface area contributed by atoms with Crippen LogP contribution in [0.15, 0.2) is 24.3 Å². The zero-order chi connectivity index (χ0) is 14.5. The van der Waals surface area contributed by atoms with Crippen molar-refractivity contribution in [2.24, 2.45) is 5.92 Å². The van der Waals surface area contributed by atoms with Crippen LogP contribution in [0.5, 0.6) is 0 Å². The van der Waals surface area contributed by atoms with Crippen molar-refractivity contribution in [1.29, 1.82) is 0 Å². The molecule has 0 radical (unpaired) electrons. The maximum atomic E-state index is 12.1. The van der Waals surface area contributed by atoms with Crippen molar-refractivity contribution >= 4 is 17.7 Å². The highest BCUT2D eigenvalue weighted by Crippen LogP contribution is 2.17. The SMILES string of the molecule is CC(C)Cc1ccc(C(C)NC(=O)C2CSCN2)cc1. The topological polar surface area (TPSA) is 41.1 Å². The molecule has 1 amide bonds. The fourth-order valence-electron chi connectivity index (χ4n) is 2.37. The number of amides is 1. The third-order valence-electron chi connectivity index (χ3n) is 3.52. The van der Waals surface area contributed by atoms with Gasteiger partial charge in [0.2, 0.25) is 5.91 Å². The number of nitrogens with one attached hydrogen (secondary N) is 2. The van der Waals surface area contributed by atoms with Crippen LogP contribution in [0.25, 0.3) is 0 Å². The molecule has 3 nitrogen and oxygen atoms in total. The highest BCUT2D eigenvalue weighted by atomic mass is 32.2. The van der Waals surface area contributed by atoms with Crippen molar-refractivity contribution in [3.8, 4) is 0 Å². The third-order valence-corrected chi connectivity index (χ3v) is 4.46. The minimum absolute atomic E-state index is 0.0392. The summed E-state index contributed by atoms with van der Waals surface area (Å²) in [5, 5.41) is 6.28. The first kappa shape index (κ1) is 15.4. The Labute approximate surface area is 125 Å². The Morgan fingerprint density at radius 1 is 1.35 bits per heavy atom. The van der Waals surface area contributed by atoms with Crippen LogP contribution in [0.1, 0.15) is 37.9 Å². The number of benzene rings is 1. The summed E-state index contributed by atoms with van der Waals surface area (Å²) in [6.07, 6.45) is 1.10. The van der Waals surface area contributed by atoms with Gasteiger partial charge in [0.15, 0.2) is 0 Å². The smallest absolute Gasteiger partial charge is 0.238 e. The van der Waals surface area contributed by atoms with E-state index in [1.54, 1.807) is 11.8 Å². The fourth-order valence-corrected chi connectivity index (χ4v) is 3.32. The first-order valence-corrected chi connectivity index (χ1v) is 8.42. The van der Waals surface area contributed by atoms with Crippen molar-refractivity contribution < 1.29 is 4.79 Å². The summed E-state index contributed by atoms with van der Waals surface area (Å²) >= 11 is 1.77. The van der Waals surface area contributed by atoms with Gasteiger partial charge in [-0.1, -0.05) is 38.1 Å². The van der Waals surface area contributed by atoms with E-state index in [-0.39, 0.29) is 18.0 Å². The van der Waals surface area contributed by atoms with Crippen LogP contribution in [-0.2, 0) is 11.2 Å². The lowest BCUT2D eigenvalue weighted by Gasteiger charge is -2.17. The number of rotatable bonds is 5. The molecule has 2 rings (SSSR count). The van der Waals surface area contributed by atoms with E-state index in [4.69, 9.17) is 0 Å². The Hall–Kier alpha value is -1.00. The molecule has 2 atom stereocenters. The van der Waals surface area contributed by atoms with Gasteiger partial charge in [-0.15, -0.1) is 11.8 Å². The molecule has 1 saturated heterocycles. The minimum Gasteiger partial charge on any atom is -0.348 e. The second-order valence-electron chi connectivity index (χ2n) is 5.84. The zero-order valence-electron chi connectivity index (χ0n) is 12.5. The number of thioether (sulfide) groups is 1. The number of hydrogen-bond donors (Lipinski definition) is 2. The van der Waals surface area contributed by atoms with Crippen LogP contribution in [-0.4, -0.2) is 23.6 Å². The summed E-state index contributed by atoms with van der Waals surface area (Å²) in [6.45, 7) is 6.49. The molecule has 0 aliphatic carbocycles. The molecule has 2 unspecified atom stereocenters.